The SMILES string of the molecule is Cc1cc2oc(=O)c(C)c(C)c2c(O)c1CN(C)CC1CCCN2CCCCC12. The highest BCUT2D eigenvalue weighted by molar-refractivity contribution is 5.89. The Hall–Kier alpha value is -1.85. The van der Waals surface area contributed by atoms with Crippen molar-refractivity contribution in [3.63, 3.8) is 0 Å². The third-order valence-corrected chi connectivity index (χ3v) is 7.24. The van der Waals surface area contributed by atoms with Crippen molar-refractivity contribution in [3.8, 4) is 5.75 Å². The maximum Gasteiger partial charge on any atom is 0.339 e. The van der Waals surface area contributed by atoms with E-state index in [1.807, 2.05) is 19.9 Å². The van der Waals surface area contributed by atoms with Gasteiger partial charge >= 0.3 is 5.63 Å². The molecule has 0 saturated carbocycles. The van der Waals surface area contributed by atoms with Gasteiger partial charge in [0, 0.05) is 30.3 Å². The Morgan fingerprint density at radius 2 is 1.90 bits per heavy atom. The van der Waals surface area contributed by atoms with E-state index in [0.29, 0.717) is 29.0 Å². The minimum atomic E-state index is -0.326. The highest BCUT2D eigenvalue weighted by atomic mass is 16.4. The van der Waals surface area contributed by atoms with Gasteiger partial charge in [0.15, 0.2) is 0 Å². The second-order valence-corrected chi connectivity index (χ2v) is 9.23. The van der Waals surface area contributed by atoms with E-state index >= 15 is 0 Å². The number of phenols is 1. The van der Waals surface area contributed by atoms with Gasteiger partial charge in [0.05, 0.1) is 5.39 Å². The number of aryl methyl sites for hydroxylation is 2. The summed E-state index contributed by atoms with van der Waals surface area (Å²) in [4.78, 5) is 17.1. The lowest BCUT2D eigenvalue weighted by Gasteiger charge is -2.45. The van der Waals surface area contributed by atoms with Crippen molar-refractivity contribution in [2.24, 2.45) is 5.92 Å². The smallest absolute Gasteiger partial charge is 0.339 e. The molecule has 2 saturated heterocycles. The summed E-state index contributed by atoms with van der Waals surface area (Å²) in [6.45, 7) is 9.91. The molecule has 5 heteroatoms. The van der Waals surface area contributed by atoms with Crippen molar-refractivity contribution in [2.45, 2.75) is 65.5 Å². The Kier molecular flexibility index (Phi) is 5.71. The first-order valence-corrected chi connectivity index (χ1v) is 11.0. The lowest BCUT2D eigenvalue weighted by atomic mass is 9.83. The van der Waals surface area contributed by atoms with E-state index in [1.54, 1.807) is 6.92 Å². The third-order valence-electron chi connectivity index (χ3n) is 7.24. The molecule has 158 valence electrons. The highest BCUT2D eigenvalue weighted by Gasteiger charge is 2.33. The standard InChI is InChI=1S/C24H34N2O3/c1-15-12-21-22(16(2)17(3)24(28)29-21)23(27)19(15)14-25(4)13-18-8-7-11-26-10-6-5-9-20(18)26/h12,18,20,27H,5-11,13-14H2,1-4H3. The molecule has 2 atom stereocenters. The number of hydrogen-bond acceptors (Lipinski definition) is 5. The quantitative estimate of drug-likeness (QED) is 0.785. The first kappa shape index (κ1) is 20.4. The molecule has 2 aliphatic rings. The lowest BCUT2D eigenvalue weighted by Crippen LogP contribution is -2.50. The molecular formula is C24H34N2O3. The number of rotatable bonds is 4. The second kappa shape index (κ2) is 8.11. The van der Waals surface area contributed by atoms with Crippen LogP contribution < -0.4 is 5.63 Å². The Balaban J connectivity index is 1.58. The summed E-state index contributed by atoms with van der Waals surface area (Å²) in [5.41, 5.74) is 3.43. The Labute approximate surface area is 173 Å². The van der Waals surface area contributed by atoms with Crippen molar-refractivity contribution in [3.05, 3.63) is 38.7 Å². The minimum absolute atomic E-state index is 0.263. The molecule has 5 nitrogen and oxygen atoms in total. The van der Waals surface area contributed by atoms with Crippen LogP contribution in [0.3, 0.4) is 0 Å². The van der Waals surface area contributed by atoms with Crippen LogP contribution in [-0.2, 0) is 6.54 Å². The van der Waals surface area contributed by atoms with E-state index in [2.05, 4.69) is 16.8 Å². The van der Waals surface area contributed by atoms with Gasteiger partial charge < -0.3 is 19.3 Å². The van der Waals surface area contributed by atoms with E-state index in [0.717, 1.165) is 29.3 Å². The number of benzene rings is 1. The first-order chi connectivity index (χ1) is 13.9. The highest BCUT2D eigenvalue weighted by Crippen LogP contribution is 2.36. The molecule has 0 aliphatic carbocycles. The monoisotopic (exact) mass is 398 g/mol. The van der Waals surface area contributed by atoms with Crippen LogP contribution in [0.1, 0.15) is 54.4 Å². The first-order valence-electron chi connectivity index (χ1n) is 11.0. The van der Waals surface area contributed by atoms with Crippen LogP contribution in [0.25, 0.3) is 11.0 Å². The van der Waals surface area contributed by atoms with Crippen LogP contribution in [0.4, 0.5) is 0 Å². The normalized spacial score (nSPS) is 22.9. The zero-order valence-electron chi connectivity index (χ0n) is 18.3. The van der Waals surface area contributed by atoms with Crippen LogP contribution in [0.2, 0.25) is 0 Å². The molecule has 29 heavy (non-hydrogen) atoms. The predicted molar refractivity (Wildman–Crippen MR) is 117 cm³/mol. The van der Waals surface area contributed by atoms with Gasteiger partial charge in [-0.3, -0.25) is 0 Å². The summed E-state index contributed by atoms with van der Waals surface area (Å²) in [7, 11) is 2.16. The molecule has 1 aromatic heterocycles. The molecule has 1 N–H and O–H groups in total. The van der Waals surface area contributed by atoms with Gasteiger partial charge in [-0.05, 0) is 89.7 Å². The second-order valence-electron chi connectivity index (χ2n) is 9.23. The number of aromatic hydroxyl groups is 1. The molecule has 2 aliphatic heterocycles. The van der Waals surface area contributed by atoms with Crippen LogP contribution in [0.15, 0.2) is 15.3 Å². The Morgan fingerprint density at radius 1 is 1.14 bits per heavy atom. The molecule has 0 radical (unpaired) electrons. The van der Waals surface area contributed by atoms with Crippen LogP contribution in [0, 0.1) is 26.7 Å². The van der Waals surface area contributed by atoms with E-state index < -0.39 is 0 Å². The largest absolute Gasteiger partial charge is 0.507 e. The summed E-state index contributed by atoms with van der Waals surface area (Å²) in [5, 5.41) is 11.7. The zero-order chi connectivity index (χ0) is 20.7. The Morgan fingerprint density at radius 3 is 2.69 bits per heavy atom. The molecule has 0 spiro atoms. The van der Waals surface area contributed by atoms with E-state index in [-0.39, 0.29) is 11.4 Å². The number of hydrogen-bond donors (Lipinski definition) is 1. The number of phenolic OH excluding ortho intramolecular Hbond substituents is 1. The molecular weight excluding hydrogens is 364 g/mol. The van der Waals surface area contributed by atoms with Crippen LogP contribution >= 0.6 is 0 Å². The van der Waals surface area contributed by atoms with Gasteiger partial charge in [0.2, 0.25) is 0 Å². The minimum Gasteiger partial charge on any atom is -0.507 e. The maximum atomic E-state index is 12.0. The van der Waals surface area contributed by atoms with E-state index in [4.69, 9.17) is 4.42 Å². The Bertz CT molecular complexity index is 963. The van der Waals surface area contributed by atoms with E-state index in [1.165, 1.54) is 45.2 Å². The summed E-state index contributed by atoms with van der Waals surface area (Å²) in [6, 6.07) is 2.63. The molecule has 4 rings (SSSR count). The molecule has 2 unspecified atom stereocenters. The molecule has 2 aromatic rings. The average molecular weight is 399 g/mol. The number of fused-ring (bicyclic) bond motifs is 2. The summed E-state index contributed by atoms with van der Waals surface area (Å²) >= 11 is 0. The van der Waals surface area contributed by atoms with Crippen molar-refractivity contribution in [1.29, 1.82) is 0 Å². The van der Waals surface area contributed by atoms with Gasteiger partial charge in [-0.25, -0.2) is 4.79 Å². The number of piperidine rings is 2. The number of nitrogens with zero attached hydrogens (tertiary/aromatic N) is 2. The average Bonchev–Trinajstić information content (AvgIpc) is 2.69. The van der Waals surface area contributed by atoms with Crippen molar-refractivity contribution < 1.29 is 9.52 Å². The molecule has 0 bridgehead atoms. The zero-order valence-corrected chi connectivity index (χ0v) is 18.3. The summed E-state index contributed by atoms with van der Waals surface area (Å²) < 4.78 is 5.44. The van der Waals surface area contributed by atoms with Crippen LogP contribution in [0.5, 0.6) is 5.75 Å². The summed E-state index contributed by atoms with van der Waals surface area (Å²) in [5.74, 6) is 0.970. The fraction of sp³-hybridized carbons (Fsp3) is 0.625. The van der Waals surface area contributed by atoms with Gasteiger partial charge in [-0.2, -0.15) is 0 Å². The third kappa shape index (κ3) is 3.82. The van der Waals surface area contributed by atoms with Gasteiger partial charge in [0.25, 0.3) is 0 Å². The van der Waals surface area contributed by atoms with Crippen molar-refractivity contribution >= 4 is 11.0 Å². The predicted octanol–water partition coefficient (Wildman–Crippen LogP) is 4.12. The lowest BCUT2D eigenvalue weighted by molar-refractivity contribution is 0.0434. The molecule has 1 aromatic carbocycles. The fourth-order valence-electron chi connectivity index (χ4n) is 5.49. The van der Waals surface area contributed by atoms with E-state index in [9.17, 15) is 9.90 Å². The summed E-state index contributed by atoms with van der Waals surface area (Å²) in [6.07, 6.45) is 6.63. The van der Waals surface area contributed by atoms with Crippen LogP contribution in [-0.4, -0.2) is 47.6 Å². The fourth-order valence-corrected chi connectivity index (χ4v) is 5.49. The van der Waals surface area contributed by atoms with Gasteiger partial charge in [-0.15, -0.1) is 0 Å². The topological polar surface area (TPSA) is 56.9 Å². The van der Waals surface area contributed by atoms with Crippen molar-refractivity contribution in [1.82, 2.24) is 9.80 Å². The molecule has 2 fully saturated rings. The van der Waals surface area contributed by atoms with Gasteiger partial charge in [0.1, 0.15) is 11.3 Å². The maximum absolute atomic E-state index is 12.0. The molecule has 0 amide bonds. The van der Waals surface area contributed by atoms with Crippen molar-refractivity contribution in [2.75, 3.05) is 26.7 Å². The van der Waals surface area contributed by atoms with Gasteiger partial charge in [-0.1, -0.05) is 6.42 Å². The molecule has 3 heterocycles.